The van der Waals surface area contributed by atoms with Gasteiger partial charge in [-0.15, -0.1) is 0 Å². The van der Waals surface area contributed by atoms with E-state index < -0.39 is 21.1 Å². The molecule has 1 atom stereocenters. The van der Waals surface area contributed by atoms with Gasteiger partial charge in [0, 0.05) is 18.7 Å². The summed E-state index contributed by atoms with van der Waals surface area (Å²) in [5, 5.41) is 19.5. The quantitative estimate of drug-likeness (QED) is 0.582. The Kier molecular flexibility index (Phi) is 4.16. The maximum absolute atomic E-state index is 11.7. The van der Waals surface area contributed by atoms with Crippen LogP contribution < -0.4 is 4.72 Å². The van der Waals surface area contributed by atoms with Crippen molar-refractivity contribution in [3.8, 4) is 0 Å². The second-order valence-electron chi connectivity index (χ2n) is 3.46. The van der Waals surface area contributed by atoms with Crippen LogP contribution in [0, 0.1) is 10.1 Å². The monoisotopic (exact) mass is 260 g/mol. The summed E-state index contributed by atoms with van der Waals surface area (Å²) in [6, 6.07) is 4.70. The van der Waals surface area contributed by atoms with Gasteiger partial charge in [-0.2, -0.15) is 0 Å². The molecule has 1 rings (SSSR count). The van der Waals surface area contributed by atoms with E-state index in [-0.39, 0.29) is 17.1 Å². The van der Waals surface area contributed by atoms with E-state index >= 15 is 0 Å². The highest BCUT2D eigenvalue weighted by molar-refractivity contribution is 7.89. The highest BCUT2D eigenvalue weighted by Crippen LogP contribution is 2.16. The van der Waals surface area contributed by atoms with Crippen LogP contribution in [0.4, 0.5) is 5.69 Å². The SMILES string of the molecule is CC(O)CNS(=O)(=O)c1cccc([N+](=O)[O-])c1. The third-order valence-electron chi connectivity index (χ3n) is 1.91. The summed E-state index contributed by atoms with van der Waals surface area (Å²) in [4.78, 5) is 9.62. The molecule has 0 aromatic heterocycles. The topological polar surface area (TPSA) is 110 Å². The first-order chi connectivity index (χ1) is 7.83. The normalized spacial score (nSPS) is 13.3. The van der Waals surface area contributed by atoms with Crippen molar-refractivity contribution in [2.24, 2.45) is 0 Å². The first kappa shape index (κ1) is 13.6. The summed E-state index contributed by atoms with van der Waals surface area (Å²) in [5.41, 5.74) is -0.301. The molecule has 0 amide bonds. The van der Waals surface area contributed by atoms with Crippen LogP contribution in [-0.2, 0) is 10.0 Å². The van der Waals surface area contributed by atoms with Gasteiger partial charge in [0.1, 0.15) is 0 Å². The van der Waals surface area contributed by atoms with E-state index in [0.717, 1.165) is 6.07 Å². The van der Waals surface area contributed by atoms with Crippen molar-refractivity contribution in [1.29, 1.82) is 0 Å². The summed E-state index contributed by atoms with van der Waals surface area (Å²) < 4.78 is 25.5. The third-order valence-corrected chi connectivity index (χ3v) is 3.33. The lowest BCUT2D eigenvalue weighted by atomic mass is 10.3. The van der Waals surface area contributed by atoms with Gasteiger partial charge in [-0.25, -0.2) is 13.1 Å². The predicted molar refractivity (Wildman–Crippen MR) is 60.0 cm³/mol. The van der Waals surface area contributed by atoms with Gasteiger partial charge in [-0.05, 0) is 13.0 Å². The van der Waals surface area contributed by atoms with E-state index in [9.17, 15) is 18.5 Å². The maximum atomic E-state index is 11.7. The molecule has 17 heavy (non-hydrogen) atoms. The van der Waals surface area contributed by atoms with Gasteiger partial charge in [0.2, 0.25) is 10.0 Å². The molecule has 1 aromatic carbocycles. The molecule has 0 fully saturated rings. The molecule has 0 aliphatic carbocycles. The first-order valence-corrected chi connectivity index (χ1v) is 6.23. The molecule has 94 valence electrons. The lowest BCUT2D eigenvalue weighted by Crippen LogP contribution is -2.30. The molecule has 1 aromatic rings. The number of aliphatic hydroxyl groups excluding tert-OH is 1. The molecule has 0 saturated carbocycles. The van der Waals surface area contributed by atoms with E-state index in [0.29, 0.717) is 0 Å². The smallest absolute Gasteiger partial charge is 0.270 e. The fraction of sp³-hybridized carbons (Fsp3) is 0.333. The molecule has 1 unspecified atom stereocenters. The number of aliphatic hydroxyl groups is 1. The van der Waals surface area contributed by atoms with Crippen molar-refractivity contribution in [2.45, 2.75) is 17.9 Å². The molecule has 0 heterocycles. The maximum Gasteiger partial charge on any atom is 0.270 e. The Hall–Kier alpha value is -1.51. The van der Waals surface area contributed by atoms with Crippen LogP contribution in [0.15, 0.2) is 29.2 Å². The van der Waals surface area contributed by atoms with Crippen LogP contribution in [0.1, 0.15) is 6.92 Å². The van der Waals surface area contributed by atoms with Crippen LogP contribution in [0.25, 0.3) is 0 Å². The minimum Gasteiger partial charge on any atom is -0.392 e. The molecule has 0 aliphatic rings. The highest BCUT2D eigenvalue weighted by Gasteiger charge is 2.17. The first-order valence-electron chi connectivity index (χ1n) is 4.75. The van der Waals surface area contributed by atoms with Crippen LogP contribution in [0.3, 0.4) is 0 Å². The lowest BCUT2D eigenvalue weighted by Gasteiger charge is -2.07. The van der Waals surface area contributed by atoms with Crippen molar-refractivity contribution in [3.05, 3.63) is 34.4 Å². The van der Waals surface area contributed by atoms with E-state index in [2.05, 4.69) is 4.72 Å². The summed E-state index contributed by atoms with van der Waals surface area (Å²) in [5.74, 6) is 0. The van der Waals surface area contributed by atoms with Crippen LogP contribution in [0.2, 0.25) is 0 Å². The van der Waals surface area contributed by atoms with E-state index in [1.54, 1.807) is 0 Å². The largest absolute Gasteiger partial charge is 0.392 e. The van der Waals surface area contributed by atoms with Gasteiger partial charge < -0.3 is 5.11 Å². The van der Waals surface area contributed by atoms with Crippen molar-refractivity contribution in [3.63, 3.8) is 0 Å². The molecule has 2 N–H and O–H groups in total. The second-order valence-corrected chi connectivity index (χ2v) is 5.22. The van der Waals surface area contributed by atoms with Gasteiger partial charge in [-0.3, -0.25) is 10.1 Å². The minimum atomic E-state index is -3.83. The number of benzene rings is 1. The number of non-ortho nitro benzene ring substituents is 1. The van der Waals surface area contributed by atoms with Crippen molar-refractivity contribution < 1.29 is 18.4 Å². The Balaban J connectivity index is 2.99. The summed E-state index contributed by atoms with van der Waals surface area (Å²) >= 11 is 0. The third kappa shape index (κ3) is 3.77. The summed E-state index contributed by atoms with van der Waals surface area (Å²) in [6.07, 6.45) is -0.830. The van der Waals surface area contributed by atoms with E-state index in [1.807, 2.05) is 0 Å². The fourth-order valence-electron chi connectivity index (χ4n) is 1.08. The predicted octanol–water partition coefficient (Wildman–Crippen LogP) is 0.254. The van der Waals surface area contributed by atoms with Gasteiger partial charge >= 0.3 is 0 Å². The molecular weight excluding hydrogens is 248 g/mol. The Bertz CT molecular complexity index is 512. The average molecular weight is 260 g/mol. The van der Waals surface area contributed by atoms with E-state index in [1.165, 1.54) is 25.1 Å². The van der Waals surface area contributed by atoms with Crippen LogP contribution >= 0.6 is 0 Å². The second kappa shape index (κ2) is 5.21. The number of nitrogens with one attached hydrogen (secondary N) is 1. The lowest BCUT2D eigenvalue weighted by molar-refractivity contribution is -0.385. The number of hydrogen-bond donors (Lipinski definition) is 2. The summed E-state index contributed by atoms with van der Waals surface area (Å²) in [6.45, 7) is 1.28. The molecular formula is C9H12N2O5S. The van der Waals surface area contributed by atoms with Crippen molar-refractivity contribution in [2.75, 3.05) is 6.54 Å². The molecule has 0 bridgehead atoms. The van der Waals surface area contributed by atoms with E-state index in [4.69, 9.17) is 5.11 Å². The number of rotatable bonds is 5. The van der Waals surface area contributed by atoms with Crippen LogP contribution in [-0.4, -0.2) is 31.1 Å². The number of sulfonamides is 1. The molecule has 8 heteroatoms. The number of nitro benzene ring substituents is 1. The molecule has 0 saturated heterocycles. The standard InChI is InChI=1S/C9H12N2O5S/c1-7(12)6-10-17(15,16)9-4-2-3-8(5-9)11(13)14/h2-5,7,10,12H,6H2,1H3. The van der Waals surface area contributed by atoms with Gasteiger partial charge in [0.25, 0.3) is 5.69 Å². The van der Waals surface area contributed by atoms with Crippen molar-refractivity contribution >= 4 is 15.7 Å². The molecule has 0 spiro atoms. The number of hydrogen-bond acceptors (Lipinski definition) is 5. The Morgan fingerprint density at radius 3 is 2.71 bits per heavy atom. The molecule has 7 nitrogen and oxygen atoms in total. The van der Waals surface area contributed by atoms with Crippen LogP contribution in [0.5, 0.6) is 0 Å². The average Bonchev–Trinajstić information content (AvgIpc) is 2.27. The van der Waals surface area contributed by atoms with Gasteiger partial charge in [0.15, 0.2) is 0 Å². The Morgan fingerprint density at radius 2 is 2.18 bits per heavy atom. The van der Waals surface area contributed by atoms with Crippen molar-refractivity contribution in [1.82, 2.24) is 4.72 Å². The van der Waals surface area contributed by atoms with Gasteiger partial charge in [0.05, 0.1) is 15.9 Å². The molecule has 0 aliphatic heterocycles. The zero-order chi connectivity index (χ0) is 13.1. The Morgan fingerprint density at radius 1 is 1.53 bits per heavy atom. The zero-order valence-electron chi connectivity index (χ0n) is 9.03. The highest BCUT2D eigenvalue weighted by atomic mass is 32.2. The minimum absolute atomic E-state index is 0.148. The number of nitro groups is 1. The number of nitrogens with zero attached hydrogens (tertiary/aromatic N) is 1. The summed E-state index contributed by atoms with van der Waals surface area (Å²) in [7, 11) is -3.83. The fourth-order valence-corrected chi connectivity index (χ4v) is 2.24. The Labute approximate surface area is 98.3 Å². The molecule has 0 radical (unpaired) electrons. The zero-order valence-corrected chi connectivity index (χ0v) is 9.85. The van der Waals surface area contributed by atoms with Gasteiger partial charge in [-0.1, -0.05) is 6.07 Å².